The van der Waals surface area contributed by atoms with Gasteiger partial charge in [0.05, 0.1) is 17.5 Å². The lowest BCUT2D eigenvalue weighted by Crippen LogP contribution is -2.38. The summed E-state index contributed by atoms with van der Waals surface area (Å²) in [6, 6.07) is 5.72. The van der Waals surface area contributed by atoms with E-state index in [1.165, 1.54) is 11.8 Å². The van der Waals surface area contributed by atoms with Gasteiger partial charge in [-0.15, -0.1) is 11.6 Å². The summed E-state index contributed by atoms with van der Waals surface area (Å²) in [5.74, 6) is -0.379. The second-order valence-electron chi connectivity index (χ2n) is 5.83. The van der Waals surface area contributed by atoms with Crippen LogP contribution in [0.3, 0.4) is 0 Å². The minimum atomic E-state index is -3.06. The van der Waals surface area contributed by atoms with E-state index in [0.717, 1.165) is 16.8 Å². The van der Waals surface area contributed by atoms with Crippen LogP contribution in [0.2, 0.25) is 0 Å². The number of carbonyl (C=O) groups excluding carboxylic acids is 1. The van der Waals surface area contributed by atoms with Gasteiger partial charge < -0.3 is 4.90 Å². The Morgan fingerprint density at radius 2 is 2.00 bits per heavy atom. The van der Waals surface area contributed by atoms with E-state index in [1.807, 2.05) is 36.9 Å². The molecule has 0 bridgehead atoms. The fraction of sp³-hybridized carbons (Fsp3) is 0.467. The number of para-hydroxylation sites is 1. The second-order valence-corrected chi connectivity index (χ2v) is 9.46. The van der Waals surface area contributed by atoms with Crippen LogP contribution in [0.15, 0.2) is 23.2 Å². The minimum absolute atomic E-state index is 0.0898. The number of fused-ring (bicyclic) bond motifs is 1. The summed E-state index contributed by atoms with van der Waals surface area (Å²) in [6.07, 6.45) is 0. The van der Waals surface area contributed by atoms with Gasteiger partial charge in [0.1, 0.15) is 5.88 Å². The number of aliphatic imine (C=N–C) groups is 1. The Bertz CT molecular complexity index is 772. The summed E-state index contributed by atoms with van der Waals surface area (Å²) < 4.78 is 24.0. The summed E-state index contributed by atoms with van der Waals surface area (Å²) >= 11 is 6.94. The maximum atomic E-state index is 12.0. The zero-order valence-electron chi connectivity index (χ0n) is 12.8. The van der Waals surface area contributed by atoms with Gasteiger partial charge in [-0.05, 0) is 25.0 Å². The molecule has 2 atom stereocenters. The maximum Gasteiger partial charge on any atom is 0.262 e. The Labute approximate surface area is 145 Å². The summed E-state index contributed by atoms with van der Waals surface area (Å²) in [6.45, 7) is 3.95. The molecule has 0 spiro atoms. The SMILES string of the molecule is Cc1cccc(C)c1N1C(=NC(=O)CCl)S[C@@H]2CS(=O)(=O)C[C@H]21. The van der Waals surface area contributed by atoms with Crippen LogP contribution in [0.25, 0.3) is 0 Å². The molecule has 5 nitrogen and oxygen atoms in total. The van der Waals surface area contributed by atoms with Crippen LogP contribution >= 0.6 is 23.4 Å². The lowest BCUT2D eigenvalue weighted by atomic mass is 10.1. The summed E-state index contributed by atoms with van der Waals surface area (Å²) in [5, 5.41) is 0.457. The molecule has 1 amide bonds. The highest BCUT2D eigenvalue weighted by molar-refractivity contribution is 8.16. The standard InChI is InChI=1S/C15H17ClN2O3S2/c1-9-4-3-5-10(2)14(9)18-11-7-23(20,21)8-12(11)22-15(18)17-13(19)6-16/h3-5,11-12H,6-8H2,1-2H3/t11-,12-/m1/s1. The Kier molecular flexibility index (Phi) is 4.46. The normalized spacial score (nSPS) is 27.4. The maximum absolute atomic E-state index is 12.0. The van der Waals surface area contributed by atoms with Crippen molar-refractivity contribution in [3.63, 3.8) is 0 Å². The van der Waals surface area contributed by atoms with E-state index in [2.05, 4.69) is 4.99 Å². The van der Waals surface area contributed by atoms with Crippen LogP contribution in [0.4, 0.5) is 5.69 Å². The molecule has 2 aliphatic heterocycles. The van der Waals surface area contributed by atoms with Crippen LogP contribution in [0.1, 0.15) is 11.1 Å². The van der Waals surface area contributed by atoms with Crippen LogP contribution in [0, 0.1) is 13.8 Å². The molecule has 0 N–H and O–H groups in total. The lowest BCUT2D eigenvalue weighted by Gasteiger charge is -2.27. The first kappa shape index (κ1) is 16.8. The third-order valence-corrected chi connectivity index (χ3v) is 7.52. The molecule has 1 aromatic rings. The van der Waals surface area contributed by atoms with Gasteiger partial charge >= 0.3 is 0 Å². The fourth-order valence-corrected chi connectivity index (χ4v) is 7.13. The average Bonchev–Trinajstić information content (AvgIpc) is 2.91. The van der Waals surface area contributed by atoms with Crippen LogP contribution in [-0.2, 0) is 14.6 Å². The monoisotopic (exact) mass is 372 g/mol. The number of rotatable bonds is 2. The number of anilines is 1. The Hall–Kier alpha value is -1.05. The third-order valence-electron chi connectivity index (χ3n) is 4.08. The molecule has 124 valence electrons. The number of hydrogen-bond donors (Lipinski definition) is 0. The summed E-state index contributed by atoms with van der Waals surface area (Å²) in [4.78, 5) is 17.7. The molecule has 0 aliphatic carbocycles. The molecule has 1 aromatic carbocycles. The molecule has 2 saturated heterocycles. The van der Waals surface area contributed by atoms with E-state index >= 15 is 0 Å². The first-order valence-electron chi connectivity index (χ1n) is 7.22. The van der Waals surface area contributed by atoms with E-state index in [-0.39, 0.29) is 28.7 Å². The number of hydrogen-bond acceptors (Lipinski definition) is 4. The molecule has 0 unspecified atom stereocenters. The molecule has 2 heterocycles. The zero-order chi connectivity index (χ0) is 16.8. The summed E-state index contributed by atoms with van der Waals surface area (Å²) in [7, 11) is -3.06. The van der Waals surface area contributed by atoms with Crippen molar-refractivity contribution in [3.05, 3.63) is 29.3 Å². The van der Waals surface area contributed by atoms with Gasteiger partial charge in [0.15, 0.2) is 15.0 Å². The number of halogens is 1. The van der Waals surface area contributed by atoms with Crippen molar-refractivity contribution in [3.8, 4) is 0 Å². The molecule has 0 radical (unpaired) electrons. The average molecular weight is 373 g/mol. The number of thioether (sulfide) groups is 1. The van der Waals surface area contributed by atoms with Gasteiger partial charge in [-0.2, -0.15) is 4.99 Å². The Morgan fingerprint density at radius 3 is 2.61 bits per heavy atom. The number of alkyl halides is 1. The molecule has 23 heavy (non-hydrogen) atoms. The highest BCUT2D eigenvalue weighted by Gasteiger charge is 2.49. The zero-order valence-corrected chi connectivity index (χ0v) is 15.2. The molecular formula is C15H17ClN2O3S2. The van der Waals surface area contributed by atoms with E-state index in [9.17, 15) is 13.2 Å². The van der Waals surface area contributed by atoms with Crippen molar-refractivity contribution in [2.45, 2.75) is 25.1 Å². The third kappa shape index (κ3) is 3.14. The number of sulfone groups is 1. The fourth-order valence-electron chi connectivity index (χ4n) is 3.15. The smallest absolute Gasteiger partial charge is 0.262 e. The highest BCUT2D eigenvalue weighted by atomic mass is 35.5. The largest absolute Gasteiger partial charge is 0.315 e. The molecule has 0 aromatic heterocycles. The van der Waals surface area contributed by atoms with Gasteiger partial charge in [-0.25, -0.2) is 8.42 Å². The second kappa shape index (κ2) is 6.11. The van der Waals surface area contributed by atoms with Gasteiger partial charge in [0.25, 0.3) is 5.91 Å². The minimum Gasteiger partial charge on any atom is -0.315 e. The van der Waals surface area contributed by atoms with Crippen molar-refractivity contribution in [1.29, 1.82) is 0 Å². The van der Waals surface area contributed by atoms with Crippen molar-refractivity contribution in [2.24, 2.45) is 4.99 Å². The molecule has 0 saturated carbocycles. The van der Waals surface area contributed by atoms with Gasteiger partial charge in [0.2, 0.25) is 0 Å². The topological polar surface area (TPSA) is 66.8 Å². The van der Waals surface area contributed by atoms with Crippen molar-refractivity contribution in [2.75, 3.05) is 22.3 Å². The number of carbonyl (C=O) groups is 1. The Balaban J connectivity index is 2.11. The van der Waals surface area contributed by atoms with Crippen LogP contribution in [-0.4, -0.2) is 48.2 Å². The van der Waals surface area contributed by atoms with E-state index in [1.54, 1.807) is 0 Å². The van der Waals surface area contributed by atoms with Crippen LogP contribution < -0.4 is 4.90 Å². The van der Waals surface area contributed by atoms with Crippen molar-refractivity contribution >= 4 is 50.0 Å². The van der Waals surface area contributed by atoms with Gasteiger partial charge in [0, 0.05) is 10.9 Å². The number of aryl methyl sites for hydroxylation is 2. The number of nitrogens with zero attached hydrogens (tertiary/aromatic N) is 2. The molecular weight excluding hydrogens is 356 g/mol. The first-order chi connectivity index (χ1) is 10.8. The predicted octanol–water partition coefficient (Wildman–Crippen LogP) is 2.14. The van der Waals surface area contributed by atoms with Gasteiger partial charge in [-0.1, -0.05) is 30.0 Å². The number of amidine groups is 1. The predicted molar refractivity (Wildman–Crippen MR) is 95.4 cm³/mol. The van der Waals surface area contributed by atoms with Crippen molar-refractivity contribution < 1.29 is 13.2 Å². The number of benzene rings is 1. The van der Waals surface area contributed by atoms with E-state index in [0.29, 0.717) is 5.17 Å². The Morgan fingerprint density at radius 1 is 1.35 bits per heavy atom. The molecule has 2 aliphatic rings. The van der Waals surface area contributed by atoms with Gasteiger partial charge in [-0.3, -0.25) is 4.79 Å². The number of amides is 1. The van der Waals surface area contributed by atoms with Crippen molar-refractivity contribution in [1.82, 2.24) is 0 Å². The quantitative estimate of drug-likeness (QED) is 0.744. The first-order valence-corrected chi connectivity index (χ1v) is 10.5. The lowest BCUT2D eigenvalue weighted by molar-refractivity contribution is -0.115. The molecule has 8 heteroatoms. The van der Waals surface area contributed by atoms with E-state index in [4.69, 9.17) is 11.6 Å². The molecule has 3 rings (SSSR count). The van der Waals surface area contributed by atoms with E-state index < -0.39 is 15.7 Å². The highest BCUT2D eigenvalue weighted by Crippen LogP contribution is 2.42. The summed E-state index contributed by atoms with van der Waals surface area (Å²) in [5.41, 5.74) is 2.99. The van der Waals surface area contributed by atoms with Crippen LogP contribution in [0.5, 0.6) is 0 Å². The molecule has 2 fully saturated rings.